The molecule has 0 saturated heterocycles. The monoisotopic (exact) mass is 280 g/mol. The number of hydrogen-bond donors (Lipinski definition) is 2. The first-order chi connectivity index (χ1) is 9.35. The molecule has 0 unspecified atom stereocenters. The van der Waals surface area contributed by atoms with Gasteiger partial charge in [0.2, 0.25) is 0 Å². The van der Waals surface area contributed by atoms with Gasteiger partial charge in [-0.15, -0.1) is 11.3 Å². The van der Waals surface area contributed by atoms with E-state index in [2.05, 4.69) is 16.5 Å². The van der Waals surface area contributed by atoms with Gasteiger partial charge >= 0.3 is 0 Å². The van der Waals surface area contributed by atoms with Crippen LogP contribution in [0.25, 0.3) is 0 Å². The highest BCUT2D eigenvalue weighted by Gasteiger charge is 2.23. The second-order valence-electron chi connectivity index (χ2n) is 6.07. The Balaban J connectivity index is 1.43. The maximum absolute atomic E-state index is 9.14. The summed E-state index contributed by atoms with van der Waals surface area (Å²) < 4.78 is 0. The first-order valence-electron chi connectivity index (χ1n) is 7.64. The van der Waals surface area contributed by atoms with E-state index in [1.165, 1.54) is 54.8 Å². The number of aliphatic hydroxyl groups excluding tert-OH is 1. The lowest BCUT2D eigenvalue weighted by Gasteiger charge is -2.27. The third kappa shape index (κ3) is 3.36. The van der Waals surface area contributed by atoms with Crippen LogP contribution in [0.4, 0.5) is 0 Å². The Morgan fingerprint density at radius 1 is 1.21 bits per heavy atom. The molecule has 2 aliphatic carbocycles. The number of aromatic nitrogens is 1. The van der Waals surface area contributed by atoms with Gasteiger partial charge in [0.25, 0.3) is 0 Å². The summed E-state index contributed by atoms with van der Waals surface area (Å²) >= 11 is 1.90. The molecule has 0 spiro atoms. The van der Waals surface area contributed by atoms with E-state index in [1.807, 2.05) is 11.3 Å². The molecule has 1 aromatic rings. The second kappa shape index (κ2) is 6.33. The van der Waals surface area contributed by atoms with Crippen molar-refractivity contribution in [2.45, 2.75) is 63.5 Å². The predicted octanol–water partition coefficient (Wildman–Crippen LogP) is 3.05. The maximum Gasteiger partial charge on any atom is 0.0959 e. The van der Waals surface area contributed by atoms with Crippen LogP contribution in [0.2, 0.25) is 0 Å². The van der Waals surface area contributed by atoms with Gasteiger partial charge < -0.3 is 10.4 Å². The average molecular weight is 280 g/mol. The maximum atomic E-state index is 9.14. The van der Waals surface area contributed by atoms with Gasteiger partial charge in [-0.05, 0) is 44.4 Å². The standard InChI is InChI=1S/C15H24N2OS/c18-10-11-4-6-13(7-5-11)16-8-14-9-17-15(19-14)12-2-1-3-12/h9,11-13,16,18H,1-8,10H2. The fourth-order valence-electron chi connectivity index (χ4n) is 3.04. The van der Waals surface area contributed by atoms with Crippen LogP contribution < -0.4 is 5.32 Å². The SMILES string of the molecule is OCC1CCC(NCc2cnc(C3CCC3)s2)CC1. The zero-order valence-electron chi connectivity index (χ0n) is 11.5. The lowest BCUT2D eigenvalue weighted by molar-refractivity contribution is 0.175. The number of nitrogens with zero attached hydrogens (tertiary/aromatic N) is 1. The van der Waals surface area contributed by atoms with Gasteiger partial charge in [-0.25, -0.2) is 4.98 Å². The minimum absolute atomic E-state index is 0.367. The normalized spacial score (nSPS) is 28.3. The van der Waals surface area contributed by atoms with E-state index in [-0.39, 0.29) is 0 Å². The number of hydrogen-bond acceptors (Lipinski definition) is 4. The minimum Gasteiger partial charge on any atom is -0.396 e. The average Bonchev–Trinajstić information content (AvgIpc) is 2.83. The topological polar surface area (TPSA) is 45.1 Å². The van der Waals surface area contributed by atoms with Gasteiger partial charge in [-0.3, -0.25) is 0 Å². The van der Waals surface area contributed by atoms with Gasteiger partial charge in [0.1, 0.15) is 0 Å². The minimum atomic E-state index is 0.367. The van der Waals surface area contributed by atoms with E-state index in [0.29, 0.717) is 18.6 Å². The molecule has 3 nitrogen and oxygen atoms in total. The lowest BCUT2D eigenvalue weighted by Crippen LogP contribution is -2.33. The molecule has 2 aliphatic rings. The van der Waals surface area contributed by atoms with Crippen molar-refractivity contribution in [1.29, 1.82) is 0 Å². The van der Waals surface area contributed by atoms with Gasteiger partial charge in [0, 0.05) is 36.2 Å². The smallest absolute Gasteiger partial charge is 0.0959 e. The van der Waals surface area contributed by atoms with Crippen molar-refractivity contribution < 1.29 is 5.11 Å². The Morgan fingerprint density at radius 2 is 2.00 bits per heavy atom. The molecule has 0 radical (unpaired) electrons. The zero-order valence-corrected chi connectivity index (χ0v) is 12.3. The summed E-state index contributed by atoms with van der Waals surface area (Å²) in [6.45, 7) is 1.34. The third-order valence-electron chi connectivity index (χ3n) is 4.70. The van der Waals surface area contributed by atoms with Crippen LogP contribution in [0.1, 0.15) is 60.7 Å². The molecule has 2 N–H and O–H groups in total. The quantitative estimate of drug-likeness (QED) is 0.871. The summed E-state index contributed by atoms with van der Waals surface area (Å²) in [6, 6.07) is 0.636. The highest BCUT2D eigenvalue weighted by atomic mass is 32.1. The molecular formula is C15H24N2OS. The van der Waals surface area contributed by atoms with E-state index >= 15 is 0 Å². The van der Waals surface area contributed by atoms with Gasteiger partial charge in [-0.2, -0.15) is 0 Å². The Kier molecular flexibility index (Phi) is 4.51. The summed E-state index contributed by atoms with van der Waals surface area (Å²) in [4.78, 5) is 5.95. The van der Waals surface area contributed by atoms with Crippen molar-refractivity contribution in [3.8, 4) is 0 Å². The molecular weight excluding hydrogens is 256 g/mol. The molecule has 4 heteroatoms. The fraction of sp³-hybridized carbons (Fsp3) is 0.800. The highest BCUT2D eigenvalue weighted by molar-refractivity contribution is 7.11. The van der Waals surface area contributed by atoms with E-state index in [1.54, 1.807) is 0 Å². The molecule has 0 aliphatic heterocycles. The largest absolute Gasteiger partial charge is 0.396 e. The number of nitrogens with one attached hydrogen (secondary N) is 1. The molecule has 2 fully saturated rings. The van der Waals surface area contributed by atoms with E-state index in [9.17, 15) is 0 Å². The van der Waals surface area contributed by atoms with Crippen molar-refractivity contribution in [2.75, 3.05) is 6.61 Å². The number of aliphatic hydroxyl groups is 1. The highest BCUT2D eigenvalue weighted by Crippen LogP contribution is 2.38. The molecule has 0 amide bonds. The Bertz CT molecular complexity index is 395. The van der Waals surface area contributed by atoms with Gasteiger partial charge in [0.05, 0.1) is 5.01 Å². The van der Waals surface area contributed by atoms with Crippen molar-refractivity contribution in [2.24, 2.45) is 5.92 Å². The van der Waals surface area contributed by atoms with Crippen LogP contribution in [-0.2, 0) is 6.54 Å². The molecule has 1 heterocycles. The Morgan fingerprint density at radius 3 is 2.63 bits per heavy atom. The van der Waals surface area contributed by atoms with E-state index in [4.69, 9.17) is 5.11 Å². The zero-order chi connectivity index (χ0) is 13.1. The summed E-state index contributed by atoms with van der Waals surface area (Å²) in [6.07, 6.45) is 10.9. The number of rotatable bonds is 5. The second-order valence-corrected chi connectivity index (χ2v) is 7.22. The van der Waals surface area contributed by atoms with E-state index < -0.39 is 0 Å². The third-order valence-corrected chi connectivity index (χ3v) is 5.86. The van der Waals surface area contributed by atoms with E-state index in [0.717, 1.165) is 12.5 Å². The molecule has 1 aromatic heterocycles. The first kappa shape index (κ1) is 13.5. The van der Waals surface area contributed by atoms with Crippen molar-refractivity contribution in [3.63, 3.8) is 0 Å². The van der Waals surface area contributed by atoms with Gasteiger partial charge in [0.15, 0.2) is 0 Å². The summed E-state index contributed by atoms with van der Waals surface area (Å²) in [5.74, 6) is 1.31. The van der Waals surface area contributed by atoms with Crippen molar-refractivity contribution in [3.05, 3.63) is 16.1 Å². The summed E-state index contributed by atoms with van der Waals surface area (Å²) in [5, 5.41) is 14.2. The van der Waals surface area contributed by atoms with Crippen LogP contribution in [0, 0.1) is 5.92 Å². The predicted molar refractivity (Wildman–Crippen MR) is 78.4 cm³/mol. The molecule has 2 saturated carbocycles. The van der Waals surface area contributed by atoms with Crippen LogP contribution in [0.15, 0.2) is 6.20 Å². The van der Waals surface area contributed by atoms with Crippen LogP contribution in [0.3, 0.4) is 0 Å². The molecule has 106 valence electrons. The molecule has 0 aromatic carbocycles. The Hall–Kier alpha value is -0.450. The Labute approximate surface area is 119 Å². The fourth-order valence-corrected chi connectivity index (χ4v) is 4.08. The molecule has 19 heavy (non-hydrogen) atoms. The van der Waals surface area contributed by atoms with Crippen LogP contribution in [-0.4, -0.2) is 22.7 Å². The van der Waals surface area contributed by atoms with Gasteiger partial charge in [-0.1, -0.05) is 6.42 Å². The lowest BCUT2D eigenvalue weighted by atomic mass is 9.86. The van der Waals surface area contributed by atoms with Crippen molar-refractivity contribution in [1.82, 2.24) is 10.3 Å². The number of thiazole rings is 1. The summed E-state index contributed by atoms with van der Waals surface area (Å²) in [7, 11) is 0. The van der Waals surface area contributed by atoms with Crippen LogP contribution in [0.5, 0.6) is 0 Å². The van der Waals surface area contributed by atoms with Crippen molar-refractivity contribution >= 4 is 11.3 Å². The van der Waals surface area contributed by atoms with Crippen LogP contribution >= 0.6 is 11.3 Å². The first-order valence-corrected chi connectivity index (χ1v) is 8.45. The molecule has 0 atom stereocenters. The molecule has 3 rings (SSSR count). The summed E-state index contributed by atoms with van der Waals surface area (Å²) in [5.41, 5.74) is 0. The molecule has 0 bridgehead atoms.